The number of fused-ring (bicyclic) bond motifs is 1. The summed E-state index contributed by atoms with van der Waals surface area (Å²) in [6.45, 7) is 1.94. The SMILES string of the molecule is CC(N)c1csc(-c2cncc3ccccc23)n1. The van der Waals surface area contributed by atoms with Gasteiger partial charge in [-0.3, -0.25) is 4.98 Å². The maximum absolute atomic E-state index is 5.85. The molecule has 3 nitrogen and oxygen atoms in total. The summed E-state index contributed by atoms with van der Waals surface area (Å²) in [6.07, 6.45) is 3.74. The minimum atomic E-state index is -0.0297. The Bertz CT molecular complexity index is 683. The third-order valence-electron chi connectivity index (χ3n) is 2.89. The zero-order valence-corrected chi connectivity index (χ0v) is 10.8. The van der Waals surface area contributed by atoms with Gasteiger partial charge in [0, 0.05) is 34.8 Å². The normalized spacial score (nSPS) is 12.8. The largest absolute Gasteiger partial charge is 0.323 e. The molecule has 0 bridgehead atoms. The van der Waals surface area contributed by atoms with E-state index in [2.05, 4.69) is 22.1 Å². The van der Waals surface area contributed by atoms with E-state index >= 15 is 0 Å². The van der Waals surface area contributed by atoms with Crippen LogP contribution in [0.2, 0.25) is 0 Å². The van der Waals surface area contributed by atoms with Crippen molar-refractivity contribution in [2.45, 2.75) is 13.0 Å². The molecule has 0 amide bonds. The molecule has 3 aromatic rings. The van der Waals surface area contributed by atoms with Crippen LogP contribution in [0.25, 0.3) is 21.3 Å². The lowest BCUT2D eigenvalue weighted by molar-refractivity contribution is 0.790. The van der Waals surface area contributed by atoms with Crippen LogP contribution in [-0.4, -0.2) is 9.97 Å². The van der Waals surface area contributed by atoms with E-state index in [-0.39, 0.29) is 6.04 Å². The average molecular weight is 255 g/mol. The fourth-order valence-corrected chi connectivity index (χ4v) is 2.85. The number of thiazole rings is 1. The van der Waals surface area contributed by atoms with Gasteiger partial charge in [-0.05, 0) is 12.3 Å². The van der Waals surface area contributed by atoms with Crippen molar-refractivity contribution in [3.63, 3.8) is 0 Å². The molecule has 2 N–H and O–H groups in total. The Kier molecular flexibility index (Phi) is 2.81. The van der Waals surface area contributed by atoms with Crippen molar-refractivity contribution < 1.29 is 0 Å². The summed E-state index contributed by atoms with van der Waals surface area (Å²) < 4.78 is 0. The van der Waals surface area contributed by atoms with Gasteiger partial charge in [0.05, 0.1) is 5.69 Å². The van der Waals surface area contributed by atoms with Crippen LogP contribution < -0.4 is 5.73 Å². The van der Waals surface area contributed by atoms with E-state index in [1.807, 2.05) is 36.8 Å². The van der Waals surface area contributed by atoms with Crippen LogP contribution >= 0.6 is 11.3 Å². The molecule has 0 aliphatic heterocycles. The van der Waals surface area contributed by atoms with Crippen molar-refractivity contribution in [3.8, 4) is 10.6 Å². The summed E-state index contributed by atoms with van der Waals surface area (Å²) in [5.41, 5.74) is 7.85. The Balaban J connectivity index is 2.18. The van der Waals surface area contributed by atoms with E-state index < -0.39 is 0 Å². The van der Waals surface area contributed by atoms with Crippen molar-refractivity contribution in [1.29, 1.82) is 0 Å². The fraction of sp³-hybridized carbons (Fsp3) is 0.143. The zero-order valence-electron chi connectivity index (χ0n) is 10.00. The number of pyridine rings is 1. The first-order chi connectivity index (χ1) is 8.75. The molecule has 3 rings (SSSR count). The summed E-state index contributed by atoms with van der Waals surface area (Å²) in [4.78, 5) is 8.86. The van der Waals surface area contributed by atoms with Gasteiger partial charge in [0.1, 0.15) is 5.01 Å². The molecular weight excluding hydrogens is 242 g/mol. The lowest BCUT2D eigenvalue weighted by atomic mass is 10.1. The molecule has 2 heterocycles. The van der Waals surface area contributed by atoms with Crippen LogP contribution in [0.1, 0.15) is 18.7 Å². The number of aromatic nitrogens is 2. The second-order valence-electron chi connectivity index (χ2n) is 4.27. The van der Waals surface area contributed by atoms with Crippen molar-refractivity contribution in [3.05, 3.63) is 47.7 Å². The van der Waals surface area contributed by atoms with E-state index in [4.69, 9.17) is 5.73 Å². The number of benzene rings is 1. The highest BCUT2D eigenvalue weighted by Crippen LogP contribution is 2.30. The van der Waals surface area contributed by atoms with Gasteiger partial charge >= 0.3 is 0 Å². The van der Waals surface area contributed by atoms with Gasteiger partial charge in [-0.15, -0.1) is 11.3 Å². The van der Waals surface area contributed by atoms with Gasteiger partial charge in [-0.2, -0.15) is 0 Å². The third kappa shape index (κ3) is 1.89. The minimum Gasteiger partial charge on any atom is -0.323 e. The van der Waals surface area contributed by atoms with Crippen LogP contribution in [0.5, 0.6) is 0 Å². The van der Waals surface area contributed by atoms with Crippen LogP contribution in [0, 0.1) is 0 Å². The molecule has 0 aliphatic carbocycles. The zero-order chi connectivity index (χ0) is 12.5. The molecule has 1 unspecified atom stereocenters. The summed E-state index contributed by atoms with van der Waals surface area (Å²) in [5.74, 6) is 0. The predicted octanol–water partition coefficient (Wildman–Crippen LogP) is 3.38. The van der Waals surface area contributed by atoms with Crippen LogP contribution in [0.3, 0.4) is 0 Å². The number of nitrogens with two attached hydrogens (primary N) is 1. The number of nitrogens with zero attached hydrogens (tertiary/aromatic N) is 2. The second-order valence-corrected chi connectivity index (χ2v) is 5.13. The Morgan fingerprint density at radius 3 is 2.83 bits per heavy atom. The minimum absolute atomic E-state index is 0.0297. The number of hydrogen-bond acceptors (Lipinski definition) is 4. The van der Waals surface area contributed by atoms with Gasteiger partial charge in [-0.25, -0.2) is 4.98 Å². The fourth-order valence-electron chi connectivity index (χ4n) is 1.91. The molecule has 0 saturated heterocycles. The number of hydrogen-bond donors (Lipinski definition) is 1. The Labute approximate surface area is 109 Å². The molecule has 0 radical (unpaired) electrons. The molecule has 0 saturated carbocycles. The Morgan fingerprint density at radius 1 is 1.22 bits per heavy atom. The lowest BCUT2D eigenvalue weighted by Crippen LogP contribution is -2.04. The smallest absolute Gasteiger partial charge is 0.125 e. The highest BCUT2D eigenvalue weighted by Gasteiger charge is 2.10. The monoisotopic (exact) mass is 255 g/mol. The van der Waals surface area contributed by atoms with Crippen molar-refractivity contribution in [2.75, 3.05) is 0 Å². The molecule has 18 heavy (non-hydrogen) atoms. The Morgan fingerprint density at radius 2 is 2.06 bits per heavy atom. The van der Waals surface area contributed by atoms with E-state index in [0.29, 0.717) is 0 Å². The van der Waals surface area contributed by atoms with Gasteiger partial charge < -0.3 is 5.73 Å². The molecule has 4 heteroatoms. The molecule has 0 aliphatic rings. The molecule has 1 aromatic carbocycles. The van der Waals surface area contributed by atoms with Crippen molar-refractivity contribution in [1.82, 2.24) is 9.97 Å². The van der Waals surface area contributed by atoms with Crippen molar-refractivity contribution in [2.24, 2.45) is 5.73 Å². The standard InChI is InChI=1S/C14H13N3S/c1-9(15)13-8-18-14(17-13)12-7-16-6-10-4-2-3-5-11(10)12/h2-9H,15H2,1H3. The second kappa shape index (κ2) is 4.48. The van der Waals surface area contributed by atoms with Crippen LogP contribution in [0.15, 0.2) is 42.0 Å². The first-order valence-corrected chi connectivity index (χ1v) is 6.68. The maximum Gasteiger partial charge on any atom is 0.125 e. The third-order valence-corrected chi connectivity index (χ3v) is 3.78. The first-order valence-electron chi connectivity index (χ1n) is 5.80. The van der Waals surface area contributed by atoms with Gasteiger partial charge in [0.15, 0.2) is 0 Å². The van der Waals surface area contributed by atoms with Gasteiger partial charge in [0.25, 0.3) is 0 Å². The predicted molar refractivity (Wildman–Crippen MR) is 75.5 cm³/mol. The summed E-state index contributed by atoms with van der Waals surface area (Å²) in [6, 6.07) is 8.18. The lowest BCUT2D eigenvalue weighted by Gasteiger charge is -2.02. The van der Waals surface area contributed by atoms with Crippen LogP contribution in [-0.2, 0) is 0 Å². The molecule has 0 spiro atoms. The molecule has 2 aromatic heterocycles. The topological polar surface area (TPSA) is 51.8 Å². The Hall–Kier alpha value is -1.78. The number of rotatable bonds is 2. The first kappa shape index (κ1) is 11.3. The van der Waals surface area contributed by atoms with Crippen LogP contribution in [0.4, 0.5) is 0 Å². The highest BCUT2D eigenvalue weighted by atomic mass is 32.1. The molecule has 90 valence electrons. The molecule has 0 fully saturated rings. The van der Waals surface area contributed by atoms with E-state index in [1.54, 1.807) is 11.3 Å². The summed E-state index contributed by atoms with van der Waals surface area (Å²) >= 11 is 1.61. The summed E-state index contributed by atoms with van der Waals surface area (Å²) in [5, 5.41) is 5.30. The van der Waals surface area contributed by atoms with E-state index in [1.165, 1.54) is 5.39 Å². The van der Waals surface area contributed by atoms with Gasteiger partial charge in [-0.1, -0.05) is 24.3 Å². The average Bonchev–Trinajstić information content (AvgIpc) is 2.87. The summed E-state index contributed by atoms with van der Waals surface area (Å²) in [7, 11) is 0. The quantitative estimate of drug-likeness (QED) is 0.763. The maximum atomic E-state index is 5.85. The van der Waals surface area contributed by atoms with E-state index in [9.17, 15) is 0 Å². The van der Waals surface area contributed by atoms with E-state index in [0.717, 1.165) is 21.7 Å². The molecular formula is C14H13N3S. The van der Waals surface area contributed by atoms with Crippen molar-refractivity contribution >= 4 is 22.1 Å². The molecule has 1 atom stereocenters. The van der Waals surface area contributed by atoms with Gasteiger partial charge in [0.2, 0.25) is 0 Å². The highest BCUT2D eigenvalue weighted by molar-refractivity contribution is 7.13.